The zero-order chi connectivity index (χ0) is 16.8. The number of nitrogens with zero attached hydrogens (tertiary/aromatic N) is 2. The Balaban J connectivity index is 1.42. The fourth-order valence-corrected chi connectivity index (χ4v) is 2.63. The highest BCUT2D eigenvalue weighted by Gasteiger charge is 2.06. The van der Waals surface area contributed by atoms with Gasteiger partial charge in [0.25, 0.3) is 0 Å². The van der Waals surface area contributed by atoms with E-state index in [1.54, 1.807) is 18.5 Å². The van der Waals surface area contributed by atoms with Crippen molar-refractivity contribution in [3.05, 3.63) is 53.4 Å². The molecule has 0 radical (unpaired) electrons. The van der Waals surface area contributed by atoms with Crippen LogP contribution in [0.1, 0.15) is 12.0 Å². The van der Waals surface area contributed by atoms with Crippen molar-refractivity contribution in [1.29, 1.82) is 0 Å². The van der Waals surface area contributed by atoms with Crippen LogP contribution < -0.4 is 10.6 Å². The van der Waals surface area contributed by atoms with Gasteiger partial charge in [-0.05, 0) is 36.2 Å². The summed E-state index contributed by atoms with van der Waals surface area (Å²) in [6.45, 7) is 1.08. The third kappa shape index (κ3) is 4.23. The van der Waals surface area contributed by atoms with Gasteiger partial charge >= 0.3 is 0 Å². The molecule has 3 aromatic rings. The summed E-state index contributed by atoms with van der Waals surface area (Å²) in [5.74, 6) is 0.525. The van der Waals surface area contributed by atoms with Crippen LogP contribution in [0.2, 0.25) is 5.02 Å². The maximum atomic E-state index is 11.9. The highest BCUT2D eigenvalue weighted by molar-refractivity contribution is 6.31. The number of aromatic amines is 1. The molecule has 124 valence electrons. The molecule has 3 rings (SSSR count). The SMILES string of the molecule is O=C(CCNc1ncccn1)NCCc1c[nH]c2ccc(Cl)cc12. The van der Waals surface area contributed by atoms with Crippen LogP contribution >= 0.6 is 11.6 Å². The van der Waals surface area contributed by atoms with Crippen LogP contribution in [0, 0.1) is 0 Å². The number of amides is 1. The molecule has 0 aliphatic rings. The smallest absolute Gasteiger partial charge is 0.222 e. The number of anilines is 1. The maximum absolute atomic E-state index is 11.9. The van der Waals surface area contributed by atoms with Gasteiger partial charge in [0.1, 0.15) is 0 Å². The number of aromatic nitrogens is 3. The Morgan fingerprint density at radius 1 is 1.21 bits per heavy atom. The number of benzene rings is 1. The Kier molecular flexibility index (Phi) is 5.28. The van der Waals surface area contributed by atoms with E-state index in [1.165, 1.54) is 0 Å². The minimum atomic E-state index is -0.00342. The van der Waals surface area contributed by atoms with Gasteiger partial charge in [0.2, 0.25) is 11.9 Å². The van der Waals surface area contributed by atoms with E-state index >= 15 is 0 Å². The molecule has 1 amide bonds. The van der Waals surface area contributed by atoms with Crippen molar-refractivity contribution >= 4 is 34.4 Å². The second-order valence-corrected chi connectivity index (χ2v) is 5.79. The molecule has 3 N–H and O–H groups in total. The van der Waals surface area contributed by atoms with E-state index in [-0.39, 0.29) is 5.91 Å². The van der Waals surface area contributed by atoms with Crippen LogP contribution in [0.5, 0.6) is 0 Å². The van der Waals surface area contributed by atoms with Gasteiger partial charge in [-0.3, -0.25) is 4.79 Å². The Morgan fingerprint density at radius 3 is 2.88 bits per heavy atom. The normalized spacial score (nSPS) is 10.7. The third-order valence-corrected chi connectivity index (χ3v) is 3.88. The first-order chi connectivity index (χ1) is 11.7. The minimum absolute atomic E-state index is 0.00342. The molecular formula is C17H18ClN5O. The Bertz CT molecular complexity index is 818. The van der Waals surface area contributed by atoms with E-state index in [0.717, 1.165) is 22.9 Å². The highest BCUT2D eigenvalue weighted by atomic mass is 35.5. The molecule has 6 nitrogen and oxygen atoms in total. The van der Waals surface area contributed by atoms with Crippen LogP contribution in [0.25, 0.3) is 10.9 Å². The second kappa shape index (κ2) is 7.79. The number of carbonyl (C=O) groups is 1. The number of hydrogen-bond donors (Lipinski definition) is 3. The zero-order valence-corrected chi connectivity index (χ0v) is 13.8. The lowest BCUT2D eigenvalue weighted by Gasteiger charge is -2.06. The lowest BCUT2D eigenvalue weighted by atomic mass is 10.1. The first-order valence-electron chi connectivity index (χ1n) is 7.75. The van der Waals surface area contributed by atoms with Crippen LogP contribution in [-0.2, 0) is 11.2 Å². The van der Waals surface area contributed by atoms with Gasteiger partial charge in [-0.25, -0.2) is 9.97 Å². The molecule has 0 atom stereocenters. The first-order valence-corrected chi connectivity index (χ1v) is 8.13. The summed E-state index contributed by atoms with van der Waals surface area (Å²) in [5.41, 5.74) is 2.19. The molecule has 1 aromatic carbocycles. The first kappa shape index (κ1) is 16.3. The van der Waals surface area contributed by atoms with Gasteiger partial charge < -0.3 is 15.6 Å². The fraction of sp³-hybridized carbons (Fsp3) is 0.235. The van der Waals surface area contributed by atoms with Gasteiger partial charge in [-0.2, -0.15) is 0 Å². The Hall–Kier alpha value is -2.60. The number of carbonyl (C=O) groups excluding carboxylic acids is 1. The van der Waals surface area contributed by atoms with E-state index in [2.05, 4.69) is 25.6 Å². The summed E-state index contributed by atoms with van der Waals surface area (Å²) >= 11 is 6.04. The number of nitrogens with one attached hydrogen (secondary N) is 3. The van der Waals surface area contributed by atoms with Crippen molar-refractivity contribution in [2.45, 2.75) is 12.8 Å². The summed E-state index contributed by atoms with van der Waals surface area (Å²) in [4.78, 5) is 23.1. The van der Waals surface area contributed by atoms with Gasteiger partial charge in [0, 0.05) is 54.0 Å². The van der Waals surface area contributed by atoms with Crippen molar-refractivity contribution in [3.8, 4) is 0 Å². The topological polar surface area (TPSA) is 82.7 Å². The molecule has 0 saturated heterocycles. The van der Waals surface area contributed by atoms with Gasteiger partial charge in [0.05, 0.1) is 0 Å². The van der Waals surface area contributed by atoms with E-state index in [0.29, 0.717) is 30.5 Å². The van der Waals surface area contributed by atoms with Crippen molar-refractivity contribution in [2.24, 2.45) is 0 Å². The average Bonchev–Trinajstić information content (AvgIpc) is 2.98. The summed E-state index contributed by atoms with van der Waals surface area (Å²) in [7, 11) is 0. The predicted octanol–water partition coefficient (Wildman–Crippen LogP) is 2.77. The van der Waals surface area contributed by atoms with Crippen molar-refractivity contribution in [2.75, 3.05) is 18.4 Å². The molecular weight excluding hydrogens is 326 g/mol. The number of hydrogen-bond acceptors (Lipinski definition) is 4. The molecule has 2 aromatic heterocycles. The maximum Gasteiger partial charge on any atom is 0.222 e. The van der Waals surface area contributed by atoms with Gasteiger partial charge in [0.15, 0.2) is 0 Å². The largest absolute Gasteiger partial charge is 0.361 e. The lowest BCUT2D eigenvalue weighted by Crippen LogP contribution is -2.27. The molecule has 0 bridgehead atoms. The monoisotopic (exact) mass is 343 g/mol. The molecule has 7 heteroatoms. The van der Waals surface area contributed by atoms with Crippen molar-refractivity contribution in [3.63, 3.8) is 0 Å². The number of halogens is 1. The molecule has 0 spiro atoms. The fourth-order valence-electron chi connectivity index (χ4n) is 2.46. The highest BCUT2D eigenvalue weighted by Crippen LogP contribution is 2.22. The molecule has 0 aliphatic heterocycles. The number of H-pyrrole nitrogens is 1. The van der Waals surface area contributed by atoms with Crippen LogP contribution in [0.3, 0.4) is 0 Å². The van der Waals surface area contributed by atoms with Crippen molar-refractivity contribution in [1.82, 2.24) is 20.3 Å². The predicted molar refractivity (Wildman–Crippen MR) is 95.2 cm³/mol. The number of rotatable bonds is 7. The number of fused-ring (bicyclic) bond motifs is 1. The average molecular weight is 344 g/mol. The second-order valence-electron chi connectivity index (χ2n) is 5.35. The summed E-state index contributed by atoms with van der Waals surface area (Å²) in [5, 5.41) is 7.73. The van der Waals surface area contributed by atoms with Gasteiger partial charge in [-0.15, -0.1) is 0 Å². The third-order valence-electron chi connectivity index (χ3n) is 3.65. The molecule has 0 unspecified atom stereocenters. The lowest BCUT2D eigenvalue weighted by molar-refractivity contribution is -0.120. The molecule has 0 fully saturated rings. The van der Waals surface area contributed by atoms with Gasteiger partial charge in [-0.1, -0.05) is 11.6 Å². The minimum Gasteiger partial charge on any atom is -0.361 e. The quantitative estimate of drug-likeness (QED) is 0.616. The van der Waals surface area contributed by atoms with E-state index < -0.39 is 0 Å². The van der Waals surface area contributed by atoms with Crippen LogP contribution in [0.15, 0.2) is 42.9 Å². The zero-order valence-electron chi connectivity index (χ0n) is 13.1. The molecule has 24 heavy (non-hydrogen) atoms. The van der Waals surface area contributed by atoms with Crippen LogP contribution in [0.4, 0.5) is 5.95 Å². The Labute approximate surface area is 144 Å². The van der Waals surface area contributed by atoms with E-state index in [9.17, 15) is 4.79 Å². The summed E-state index contributed by atoms with van der Waals surface area (Å²) in [6, 6.07) is 7.50. The molecule has 0 aliphatic carbocycles. The van der Waals surface area contributed by atoms with E-state index in [4.69, 9.17) is 11.6 Å². The molecule has 0 saturated carbocycles. The summed E-state index contributed by atoms with van der Waals surface area (Å²) < 4.78 is 0. The van der Waals surface area contributed by atoms with Crippen molar-refractivity contribution < 1.29 is 4.79 Å². The van der Waals surface area contributed by atoms with Crippen LogP contribution in [-0.4, -0.2) is 33.9 Å². The Morgan fingerprint density at radius 2 is 2.04 bits per heavy atom. The molecule has 2 heterocycles. The standard InChI is InChI=1S/C17H18ClN5O/c18-13-2-3-15-14(10-13)12(11-23-15)4-8-19-16(24)5-9-22-17-20-6-1-7-21-17/h1-3,6-7,10-11,23H,4-5,8-9H2,(H,19,24)(H,20,21,22). The van der Waals surface area contributed by atoms with E-state index in [1.807, 2.05) is 24.4 Å². The summed E-state index contributed by atoms with van der Waals surface area (Å²) in [6.07, 6.45) is 6.40.